The van der Waals surface area contributed by atoms with Crippen molar-refractivity contribution >= 4 is 0 Å². The molecule has 2 aliphatic carbocycles. The molecule has 1 aromatic heterocycles. The number of hydrogen-bond donors (Lipinski definition) is 0. The van der Waals surface area contributed by atoms with E-state index in [4.69, 9.17) is 4.98 Å². The highest BCUT2D eigenvalue weighted by Gasteiger charge is 2.53. The minimum atomic E-state index is -0.420. The van der Waals surface area contributed by atoms with Gasteiger partial charge in [-0.15, -0.1) is 0 Å². The standard InChI is InChI=1S/C57H41N/c1-56(2)49-27-11-13-29-51(49)57(52-30-14-12-28-50(52)56)48-26-10-9-25-46(48)47-32-31-43(35-53(47)57)41-22-15-21-40(33-41)42-23-16-24-44(34-42)55-37-45(38-17-5-3-6-18-38)36-54(58-55)39-19-7-4-8-20-39/h3-37H,1-2H3. The van der Waals surface area contributed by atoms with E-state index in [9.17, 15) is 0 Å². The number of hydrogen-bond acceptors (Lipinski definition) is 1. The Bertz CT molecular complexity index is 2920. The van der Waals surface area contributed by atoms with Gasteiger partial charge in [-0.3, -0.25) is 0 Å². The van der Waals surface area contributed by atoms with Gasteiger partial charge in [-0.05, 0) is 108 Å². The van der Waals surface area contributed by atoms with Gasteiger partial charge in [0.05, 0.1) is 16.8 Å². The maximum Gasteiger partial charge on any atom is 0.0719 e. The molecule has 0 radical (unpaired) electrons. The van der Waals surface area contributed by atoms with E-state index in [2.05, 4.69) is 226 Å². The fraction of sp³-hybridized carbons (Fsp3) is 0.0702. The average molecular weight is 740 g/mol. The monoisotopic (exact) mass is 739 g/mol. The van der Waals surface area contributed by atoms with Gasteiger partial charge in [0.15, 0.2) is 0 Å². The molecule has 0 aliphatic heterocycles. The van der Waals surface area contributed by atoms with Gasteiger partial charge in [-0.1, -0.05) is 196 Å². The van der Waals surface area contributed by atoms with Crippen LogP contribution in [0.1, 0.15) is 47.2 Å². The van der Waals surface area contributed by atoms with Gasteiger partial charge >= 0.3 is 0 Å². The van der Waals surface area contributed by atoms with Crippen molar-refractivity contribution in [1.82, 2.24) is 4.98 Å². The number of benzene rings is 8. The van der Waals surface area contributed by atoms with Crippen LogP contribution >= 0.6 is 0 Å². The van der Waals surface area contributed by atoms with Crippen LogP contribution in [0.2, 0.25) is 0 Å². The summed E-state index contributed by atoms with van der Waals surface area (Å²) in [5.74, 6) is 0. The van der Waals surface area contributed by atoms with Gasteiger partial charge in [0.25, 0.3) is 0 Å². The van der Waals surface area contributed by atoms with Crippen molar-refractivity contribution in [2.24, 2.45) is 0 Å². The van der Waals surface area contributed by atoms with Crippen LogP contribution in [0.25, 0.3) is 67.0 Å². The van der Waals surface area contributed by atoms with E-state index in [0.717, 1.165) is 33.6 Å². The largest absolute Gasteiger partial charge is 0.248 e. The van der Waals surface area contributed by atoms with Gasteiger partial charge in [-0.2, -0.15) is 0 Å². The third-order valence-corrected chi connectivity index (χ3v) is 12.7. The zero-order valence-electron chi connectivity index (χ0n) is 32.7. The number of aromatic nitrogens is 1. The maximum atomic E-state index is 5.23. The summed E-state index contributed by atoms with van der Waals surface area (Å²) in [6.45, 7) is 4.77. The summed E-state index contributed by atoms with van der Waals surface area (Å²) in [6.07, 6.45) is 0. The van der Waals surface area contributed by atoms with Crippen molar-refractivity contribution in [3.63, 3.8) is 0 Å². The van der Waals surface area contributed by atoms with E-state index in [1.54, 1.807) is 0 Å². The second kappa shape index (κ2) is 13.3. The quantitative estimate of drug-likeness (QED) is 0.171. The SMILES string of the molecule is CC1(C)c2ccccc2C2(c3ccccc3-c3ccc(-c4cccc(-c5cccc(-c6cc(-c7ccccc7)cc(-c7ccccc7)n6)c5)c4)cc32)c2ccccc21. The molecule has 0 saturated carbocycles. The van der Waals surface area contributed by atoms with E-state index in [0.29, 0.717) is 0 Å². The summed E-state index contributed by atoms with van der Waals surface area (Å²) < 4.78 is 0. The predicted molar refractivity (Wildman–Crippen MR) is 241 cm³/mol. The fourth-order valence-electron chi connectivity index (χ4n) is 10.0. The van der Waals surface area contributed by atoms with Crippen LogP contribution in [-0.2, 0) is 10.8 Å². The zero-order chi connectivity index (χ0) is 38.8. The van der Waals surface area contributed by atoms with E-state index < -0.39 is 5.41 Å². The zero-order valence-corrected chi connectivity index (χ0v) is 32.7. The Morgan fingerprint density at radius 2 is 0.707 bits per heavy atom. The molecular weight excluding hydrogens is 699 g/mol. The Morgan fingerprint density at radius 3 is 1.33 bits per heavy atom. The molecule has 2 aliphatic rings. The molecule has 0 atom stereocenters. The van der Waals surface area contributed by atoms with E-state index >= 15 is 0 Å². The molecule has 9 aromatic rings. The summed E-state index contributed by atoms with van der Waals surface area (Å²) in [6, 6.07) is 77.9. The van der Waals surface area contributed by atoms with E-state index in [-0.39, 0.29) is 5.41 Å². The third-order valence-electron chi connectivity index (χ3n) is 12.7. The molecule has 58 heavy (non-hydrogen) atoms. The van der Waals surface area contributed by atoms with E-state index in [1.165, 1.54) is 66.8 Å². The Balaban J connectivity index is 1.04. The summed E-state index contributed by atoms with van der Waals surface area (Å²) in [7, 11) is 0. The first-order valence-corrected chi connectivity index (χ1v) is 20.3. The number of nitrogens with zero attached hydrogens (tertiary/aromatic N) is 1. The van der Waals surface area contributed by atoms with Crippen molar-refractivity contribution in [1.29, 1.82) is 0 Å². The molecule has 1 heterocycles. The highest BCUT2D eigenvalue weighted by molar-refractivity contribution is 5.90. The average Bonchev–Trinajstić information content (AvgIpc) is 3.59. The molecule has 1 heteroatoms. The molecule has 0 N–H and O–H groups in total. The Morgan fingerprint density at radius 1 is 0.276 bits per heavy atom. The topological polar surface area (TPSA) is 12.9 Å². The normalized spacial score (nSPS) is 14.0. The van der Waals surface area contributed by atoms with Crippen LogP contribution in [0.3, 0.4) is 0 Å². The lowest BCUT2D eigenvalue weighted by Crippen LogP contribution is -2.40. The fourth-order valence-corrected chi connectivity index (χ4v) is 10.0. The van der Waals surface area contributed by atoms with Gasteiger partial charge in [0.2, 0.25) is 0 Å². The first-order valence-electron chi connectivity index (χ1n) is 20.3. The van der Waals surface area contributed by atoms with Crippen LogP contribution in [0.5, 0.6) is 0 Å². The molecule has 11 rings (SSSR count). The predicted octanol–water partition coefficient (Wildman–Crippen LogP) is 14.4. The molecule has 0 amide bonds. The molecule has 274 valence electrons. The van der Waals surface area contributed by atoms with Gasteiger partial charge in [0, 0.05) is 16.5 Å². The summed E-state index contributed by atoms with van der Waals surface area (Å²) in [5.41, 5.74) is 21.6. The minimum Gasteiger partial charge on any atom is -0.248 e. The van der Waals surface area contributed by atoms with Crippen molar-refractivity contribution in [2.45, 2.75) is 24.7 Å². The lowest BCUT2D eigenvalue weighted by molar-refractivity contribution is 0.563. The lowest BCUT2D eigenvalue weighted by Gasteiger charge is -2.46. The first kappa shape index (κ1) is 34.2. The Labute approximate surface area is 341 Å². The van der Waals surface area contributed by atoms with Crippen LogP contribution < -0.4 is 0 Å². The Kier molecular flexibility index (Phi) is 7.81. The molecule has 0 fully saturated rings. The smallest absolute Gasteiger partial charge is 0.0719 e. The molecule has 0 bridgehead atoms. The first-order chi connectivity index (χ1) is 28.5. The second-order valence-corrected chi connectivity index (χ2v) is 16.3. The molecule has 1 nitrogen and oxygen atoms in total. The molecule has 0 unspecified atom stereocenters. The van der Waals surface area contributed by atoms with Gasteiger partial charge in [-0.25, -0.2) is 4.98 Å². The molecule has 1 spiro atoms. The van der Waals surface area contributed by atoms with Gasteiger partial charge in [0.1, 0.15) is 0 Å². The summed E-state index contributed by atoms with van der Waals surface area (Å²) in [5, 5.41) is 0. The summed E-state index contributed by atoms with van der Waals surface area (Å²) >= 11 is 0. The van der Waals surface area contributed by atoms with Crippen LogP contribution in [0.4, 0.5) is 0 Å². The third kappa shape index (κ3) is 5.20. The molecule has 0 saturated heterocycles. The molecule has 8 aromatic carbocycles. The second-order valence-electron chi connectivity index (χ2n) is 16.3. The van der Waals surface area contributed by atoms with Crippen molar-refractivity contribution in [2.75, 3.05) is 0 Å². The number of rotatable bonds is 5. The highest BCUT2D eigenvalue weighted by atomic mass is 14.7. The Hall–Kier alpha value is -7.09. The maximum absolute atomic E-state index is 5.23. The number of pyridine rings is 1. The lowest BCUT2D eigenvalue weighted by atomic mass is 9.55. The molecular formula is C57H41N. The van der Waals surface area contributed by atoms with Crippen molar-refractivity contribution in [3.8, 4) is 67.0 Å². The van der Waals surface area contributed by atoms with Gasteiger partial charge < -0.3 is 0 Å². The van der Waals surface area contributed by atoms with Crippen LogP contribution in [-0.4, -0.2) is 4.98 Å². The van der Waals surface area contributed by atoms with Crippen LogP contribution in [0.15, 0.2) is 212 Å². The van der Waals surface area contributed by atoms with E-state index in [1.807, 2.05) is 0 Å². The van der Waals surface area contributed by atoms with Crippen molar-refractivity contribution in [3.05, 3.63) is 246 Å². The van der Waals surface area contributed by atoms with Crippen LogP contribution in [0, 0.1) is 0 Å². The minimum absolute atomic E-state index is 0.127. The van der Waals surface area contributed by atoms with Crippen molar-refractivity contribution < 1.29 is 0 Å². The number of fused-ring (bicyclic) bond motifs is 9. The summed E-state index contributed by atoms with van der Waals surface area (Å²) in [4.78, 5) is 5.23. The highest BCUT2D eigenvalue weighted by Crippen LogP contribution is 2.62.